The highest BCUT2D eigenvalue weighted by atomic mass is 16.5. The fraction of sp³-hybridized carbons (Fsp3) is 0.263. The number of ether oxygens (including phenoxy) is 1. The van der Waals surface area contributed by atoms with Crippen molar-refractivity contribution < 1.29 is 9.53 Å². The zero-order valence-corrected chi connectivity index (χ0v) is 14.6. The Labute approximate surface area is 152 Å². The van der Waals surface area contributed by atoms with E-state index in [0.717, 1.165) is 11.3 Å². The van der Waals surface area contributed by atoms with Crippen molar-refractivity contribution in [1.82, 2.24) is 24.8 Å². The Kier molecular flexibility index (Phi) is 5.92. The molecule has 0 spiro atoms. The number of aromatic nitrogens is 4. The molecule has 0 aliphatic carbocycles. The summed E-state index contributed by atoms with van der Waals surface area (Å²) in [4.78, 5) is 24.7. The minimum Gasteiger partial charge on any atom is -0.497 e. The van der Waals surface area contributed by atoms with Crippen LogP contribution in [0.4, 0.5) is 0 Å². The monoisotopic (exact) mass is 351 g/mol. The van der Waals surface area contributed by atoms with Crippen LogP contribution >= 0.6 is 0 Å². The first-order valence-corrected chi connectivity index (χ1v) is 8.44. The largest absolute Gasteiger partial charge is 0.497 e. The van der Waals surface area contributed by atoms with E-state index in [4.69, 9.17) is 4.74 Å². The molecule has 1 N–H and O–H groups in total. The molecular weight excluding hydrogens is 330 g/mol. The molecule has 134 valence electrons. The van der Waals surface area contributed by atoms with Crippen molar-refractivity contribution >= 4 is 5.91 Å². The summed E-state index contributed by atoms with van der Waals surface area (Å²) >= 11 is 0. The molecule has 0 saturated heterocycles. The van der Waals surface area contributed by atoms with Gasteiger partial charge in [0.25, 0.3) is 0 Å². The maximum Gasteiger partial charge on any atom is 0.220 e. The molecule has 0 radical (unpaired) electrons. The van der Waals surface area contributed by atoms with Crippen molar-refractivity contribution in [3.63, 3.8) is 0 Å². The van der Waals surface area contributed by atoms with E-state index in [1.165, 1.54) is 0 Å². The molecule has 0 aliphatic rings. The summed E-state index contributed by atoms with van der Waals surface area (Å²) in [6.45, 7) is 1.14. The standard InChI is InChI=1S/C19H21N5O2/c1-26-16-6-3-15(4-7-16)5-8-17(25)20-11-13-24-14-12-23-19(24)18-21-9-2-10-22-18/h2-4,6-7,9-10,12,14H,5,8,11,13H2,1H3,(H,20,25). The average molecular weight is 351 g/mol. The Morgan fingerprint density at radius 1 is 1.12 bits per heavy atom. The lowest BCUT2D eigenvalue weighted by Gasteiger charge is -2.09. The summed E-state index contributed by atoms with van der Waals surface area (Å²) in [5.41, 5.74) is 1.11. The molecule has 1 aromatic carbocycles. The molecule has 0 bridgehead atoms. The van der Waals surface area contributed by atoms with Gasteiger partial charge in [-0.25, -0.2) is 15.0 Å². The molecule has 2 heterocycles. The number of methoxy groups -OCH3 is 1. The van der Waals surface area contributed by atoms with E-state index in [1.807, 2.05) is 35.0 Å². The minimum absolute atomic E-state index is 0.0263. The molecule has 1 amide bonds. The van der Waals surface area contributed by atoms with Crippen LogP contribution in [-0.4, -0.2) is 39.1 Å². The van der Waals surface area contributed by atoms with Crippen molar-refractivity contribution in [2.75, 3.05) is 13.7 Å². The van der Waals surface area contributed by atoms with Crippen LogP contribution in [0.1, 0.15) is 12.0 Å². The normalized spacial score (nSPS) is 10.5. The number of amides is 1. The Morgan fingerprint density at radius 3 is 2.62 bits per heavy atom. The quantitative estimate of drug-likeness (QED) is 0.672. The molecule has 0 aliphatic heterocycles. The van der Waals surface area contributed by atoms with E-state index >= 15 is 0 Å². The fourth-order valence-electron chi connectivity index (χ4n) is 2.56. The van der Waals surface area contributed by atoms with Gasteiger partial charge in [-0.15, -0.1) is 0 Å². The van der Waals surface area contributed by atoms with Gasteiger partial charge in [0.1, 0.15) is 5.75 Å². The molecule has 2 aromatic heterocycles. The minimum atomic E-state index is 0.0263. The number of benzene rings is 1. The summed E-state index contributed by atoms with van der Waals surface area (Å²) < 4.78 is 7.06. The number of hydrogen-bond donors (Lipinski definition) is 1. The van der Waals surface area contributed by atoms with Gasteiger partial charge in [0.15, 0.2) is 11.6 Å². The van der Waals surface area contributed by atoms with Crippen LogP contribution in [0.25, 0.3) is 11.6 Å². The zero-order valence-electron chi connectivity index (χ0n) is 14.6. The predicted molar refractivity (Wildman–Crippen MR) is 97.6 cm³/mol. The van der Waals surface area contributed by atoms with Crippen LogP contribution in [0.5, 0.6) is 5.75 Å². The average Bonchev–Trinajstić information content (AvgIpc) is 3.16. The van der Waals surface area contributed by atoms with E-state index in [9.17, 15) is 4.79 Å². The van der Waals surface area contributed by atoms with Gasteiger partial charge in [-0.1, -0.05) is 12.1 Å². The van der Waals surface area contributed by atoms with E-state index in [1.54, 1.807) is 31.8 Å². The van der Waals surface area contributed by atoms with Crippen molar-refractivity contribution in [3.05, 3.63) is 60.7 Å². The van der Waals surface area contributed by atoms with Gasteiger partial charge in [-0.05, 0) is 30.2 Å². The summed E-state index contributed by atoms with van der Waals surface area (Å²) in [6, 6.07) is 9.52. The number of nitrogens with one attached hydrogen (secondary N) is 1. The molecule has 3 aromatic rings. The fourth-order valence-corrected chi connectivity index (χ4v) is 2.56. The Balaban J connectivity index is 1.45. The van der Waals surface area contributed by atoms with Crippen LogP contribution in [0.15, 0.2) is 55.1 Å². The number of carbonyl (C=O) groups is 1. The van der Waals surface area contributed by atoms with Crippen molar-refractivity contribution in [2.24, 2.45) is 0 Å². The molecule has 0 atom stereocenters. The third-order valence-electron chi connectivity index (χ3n) is 3.96. The SMILES string of the molecule is COc1ccc(CCC(=O)NCCn2ccnc2-c2ncccn2)cc1. The van der Waals surface area contributed by atoms with Crippen molar-refractivity contribution in [2.45, 2.75) is 19.4 Å². The lowest BCUT2D eigenvalue weighted by atomic mass is 10.1. The first-order valence-electron chi connectivity index (χ1n) is 8.44. The van der Waals surface area contributed by atoms with E-state index < -0.39 is 0 Å². The third-order valence-corrected chi connectivity index (χ3v) is 3.96. The lowest BCUT2D eigenvalue weighted by Crippen LogP contribution is -2.27. The second-order valence-electron chi connectivity index (χ2n) is 5.71. The molecule has 26 heavy (non-hydrogen) atoms. The number of rotatable bonds is 8. The van der Waals surface area contributed by atoms with Gasteiger partial charge in [-0.3, -0.25) is 4.79 Å². The Bertz CT molecular complexity index is 831. The smallest absolute Gasteiger partial charge is 0.220 e. The summed E-state index contributed by atoms with van der Waals surface area (Å²) in [6.07, 6.45) is 8.08. The predicted octanol–water partition coefficient (Wildman–Crippen LogP) is 2.10. The Hall–Kier alpha value is -3.22. The molecule has 7 heteroatoms. The maximum absolute atomic E-state index is 12.0. The Morgan fingerprint density at radius 2 is 1.88 bits per heavy atom. The number of aryl methyl sites for hydroxylation is 1. The topological polar surface area (TPSA) is 81.9 Å². The van der Waals surface area contributed by atoms with Crippen LogP contribution in [0.3, 0.4) is 0 Å². The zero-order chi connectivity index (χ0) is 18.2. The third kappa shape index (κ3) is 4.66. The van der Waals surface area contributed by atoms with Gasteiger partial charge < -0.3 is 14.6 Å². The molecular formula is C19H21N5O2. The second-order valence-corrected chi connectivity index (χ2v) is 5.71. The molecule has 3 rings (SSSR count). The summed E-state index contributed by atoms with van der Waals surface area (Å²) in [5.74, 6) is 2.11. The molecule has 0 saturated carbocycles. The summed E-state index contributed by atoms with van der Waals surface area (Å²) in [7, 11) is 1.64. The van der Waals surface area contributed by atoms with Crippen LogP contribution < -0.4 is 10.1 Å². The van der Waals surface area contributed by atoms with Gasteiger partial charge in [-0.2, -0.15) is 0 Å². The molecule has 7 nitrogen and oxygen atoms in total. The van der Waals surface area contributed by atoms with Crippen LogP contribution in [0, 0.1) is 0 Å². The van der Waals surface area contributed by atoms with Crippen molar-refractivity contribution in [1.29, 1.82) is 0 Å². The maximum atomic E-state index is 12.0. The highest BCUT2D eigenvalue weighted by Gasteiger charge is 2.08. The number of imidazole rings is 1. The van der Waals surface area contributed by atoms with Crippen LogP contribution in [-0.2, 0) is 17.8 Å². The van der Waals surface area contributed by atoms with Crippen molar-refractivity contribution in [3.8, 4) is 17.4 Å². The van der Waals surface area contributed by atoms with Crippen LogP contribution in [0.2, 0.25) is 0 Å². The highest BCUT2D eigenvalue weighted by Crippen LogP contribution is 2.13. The highest BCUT2D eigenvalue weighted by molar-refractivity contribution is 5.76. The number of nitrogens with zero attached hydrogens (tertiary/aromatic N) is 4. The van der Waals surface area contributed by atoms with Gasteiger partial charge >= 0.3 is 0 Å². The van der Waals surface area contributed by atoms with Gasteiger partial charge in [0, 0.05) is 44.3 Å². The first-order chi connectivity index (χ1) is 12.8. The number of hydrogen-bond acceptors (Lipinski definition) is 5. The van der Waals surface area contributed by atoms with E-state index in [-0.39, 0.29) is 5.91 Å². The first kappa shape index (κ1) is 17.6. The molecule has 0 unspecified atom stereocenters. The van der Waals surface area contributed by atoms with E-state index in [0.29, 0.717) is 37.6 Å². The lowest BCUT2D eigenvalue weighted by molar-refractivity contribution is -0.121. The van der Waals surface area contributed by atoms with Gasteiger partial charge in [0.05, 0.1) is 7.11 Å². The number of carbonyl (C=O) groups excluding carboxylic acids is 1. The summed E-state index contributed by atoms with van der Waals surface area (Å²) in [5, 5.41) is 2.94. The van der Waals surface area contributed by atoms with E-state index in [2.05, 4.69) is 20.3 Å². The molecule has 0 fully saturated rings. The second kappa shape index (κ2) is 8.75. The van der Waals surface area contributed by atoms with Gasteiger partial charge in [0.2, 0.25) is 5.91 Å².